The maximum Gasteiger partial charge on any atom is 0.326 e. The van der Waals surface area contributed by atoms with Crippen LogP contribution in [0.3, 0.4) is 0 Å². The molecule has 2 rings (SSSR count). The molecule has 12 N–H and O–H groups in total. The molecule has 0 saturated carbocycles. The number of carbonyl (C=O) groups is 8. The number of guanidine groups is 1. The molecule has 0 aliphatic carbocycles. The van der Waals surface area contributed by atoms with Crippen LogP contribution in [0.1, 0.15) is 58.4 Å². The van der Waals surface area contributed by atoms with Crippen molar-refractivity contribution in [2.24, 2.45) is 28.1 Å². The zero-order valence-electron chi connectivity index (χ0n) is 30.5. The number of hydrogen-bond acceptors (Lipinski definition) is 11. The lowest BCUT2D eigenvalue weighted by Crippen LogP contribution is -2.60. The van der Waals surface area contributed by atoms with Crippen LogP contribution in [0, 0.1) is 5.92 Å². The van der Waals surface area contributed by atoms with E-state index in [4.69, 9.17) is 17.2 Å². The Bertz CT molecular complexity index is 1540. The summed E-state index contributed by atoms with van der Waals surface area (Å²) in [7, 11) is 0. The second-order valence-electron chi connectivity index (χ2n) is 12.9. The highest BCUT2D eigenvalue weighted by Gasteiger charge is 2.39. The highest BCUT2D eigenvalue weighted by atomic mass is 32.2. The van der Waals surface area contributed by atoms with E-state index in [1.54, 1.807) is 51.1 Å². The van der Waals surface area contributed by atoms with Gasteiger partial charge in [-0.3, -0.25) is 43.5 Å². The third-order valence-corrected chi connectivity index (χ3v) is 9.66. The average molecular weight is 778 g/mol. The third kappa shape index (κ3) is 14.6. The molecule has 0 radical (unpaired) electrons. The number of nitrogens with zero attached hydrogens (tertiary/aromatic N) is 2. The molecule has 1 aliphatic rings. The average Bonchev–Trinajstić information content (AvgIpc) is 3.39. The maximum atomic E-state index is 13.7. The van der Waals surface area contributed by atoms with Crippen LogP contribution in [0.2, 0.25) is 0 Å². The molecule has 6 atom stereocenters. The molecule has 0 aromatic heterocycles. The molecule has 0 spiro atoms. The predicted octanol–water partition coefficient (Wildman–Crippen LogP) is -1.96. The monoisotopic (exact) mass is 777 g/mol. The molecule has 1 fully saturated rings. The molecule has 6 amide bonds. The van der Waals surface area contributed by atoms with Gasteiger partial charge in [0.05, 0.1) is 11.3 Å². The maximum absolute atomic E-state index is 13.7. The highest BCUT2D eigenvalue weighted by Crippen LogP contribution is 2.25. The summed E-state index contributed by atoms with van der Waals surface area (Å²) in [5, 5.41) is 28.4. The first kappa shape index (κ1) is 44.9. The lowest BCUT2D eigenvalue weighted by atomic mass is 9.99. The number of hydrogen-bond donors (Lipinski definition) is 9. The van der Waals surface area contributed by atoms with Crippen molar-refractivity contribution in [3.05, 3.63) is 35.9 Å². The molecule has 1 aromatic carbocycles. The van der Waals surface area contributed by atoms with Crippen LogP contribution in [0.15, 0.2) is 35.3 Å². The Morgan fingerprint density at radius 1 is 0.889 bits per heavy atom. The zero-order chi connectivity index (χ0) is 40.5. The number of aliphatic carboxylic acids is 2. The van der Waals surface area contributed by atoms with E-state index in [0.717, 1.165) is 16.7 Å². The van der Waals surface area contributed by atoms with Gasteiger partial charge in [-0.05, 0) is 37.7 Å². The Hall–Kier alpha value is -5.24. The van der Waals surface area contributed by atoms with Gasteiger partial charge in [-0.2, -0.15) is 0 Å². The van der Waals surface area contributed by atoms with Crippen LogP contribution in [-0.2, 0) is 44.8 Å². The second kappa shape index (κ2) is 22.1. The van der Waals surface area contributed by atoms with Gasteiger partial charge in [-0.15, -0.1) is 11.8 Å². The van der Waals surface area contributed by atoms with E-state index in [1.165, 1.54) is 0 Å². The number of likely N-dealkylation sites (tertiary alicyclic amines) is 1. The zero-order valence-corrected chi connectivity index (χ0v) is 31.3. The van der Waals surface area contributed by atoms with E-state index in [-0.39, 0.29) is 68.7 Å². The van der Waals surface area contributed by atoms with Crippen molar-refractivity contribution >= 4 is 65.1 Å². The van der Waals surface area contributed by atoms with Crippen molar-refractivity contribution in [1.82, 2.24) is 26.2 Å². The fourth-order valence-electron chi connectivity index (χ4n) is 5.37. The van der Waals surface area contributed by atoms with Crippen molar-refractivity contribution < 1.29 is 48.6 Å². The minimum atomic E-state index is -1.44. The summed E-state index contributed by atoms with van der Waals surface area (Å²) < 4.78 is 0. The number of benzene rings is 1. The van der Waals surface area contributed by atoms with Gasteiger partial charge in [0.15, 0.2) is 5.96 Å². The molecule has 54 heavy (non-hydrogen) atoms. The minimum Gasteiger partial charge on any atom is -0.481 e. The molecule has 298 valence electrons. The summed E-state index contributed by atoms with van der Waals surface area (Å²) in [6.07, 6.45) is -0.753. The fourth-order valence-corrected chi connectivity index (χ4v) is 6.49. The van der Waals surface area contributed by atoms with Gasteiger partial charge in [-0.1, -0.05) is 44.2 Å². The Labute approximate surface area is 317 Å². The molecule has 1 unspecified atom stereocenters. The smallest absolute Gasteiger partial charge is 0.326 e. The van der Waals surface area contributed by atoms with E-state index >= 15 is 0 Å². The van der Waals surface area contributed by atoms with Crippen LogP contribution in [0.5, 0.6) is 0 Å². The van der Waals surface area contributed by atoms with Crippen molar-refractivity contribution in [3.8, 4) is 0 Å². The first-order valence-corrected chi connectivity index (χ1v) is 18.5. The number of carboxylic acids is 2. The van der Waals surface area contributed by atoms with E-state index < -0.39 is 83.4 Å². The number of thioether (sulfide) groups is 1. The molecule has 1 heterocycles. The van der Waals surface area contributed by atoms with Crippen LogP contribution >= 0.6 is 11.8 Å². The van der Waals surface area contributed by atoms with Crippen LogP contribution in [0.25, 0.3) is 0 Å². The lowest BCUT2D eigenvalue weighted by Gasteiger charge is -2.28. The van der Waals surface area contributed by atoms with Crippen LogP contribution in [-0.4, -0.2) is 123 Å². The number of carbonyl (C=O) groups excluding carboxylic acids is 6. The number of rotatable bonds is 23. The van der Waals surface area contributed by atoms with Gasteiger partial charge in [0, 0.05) is 38.1 Å². The van der Waals surface area contributed by atoms with Gasteiger partial charge < -0.3 is 48.7 Å². The number of imide groups is 1. The summed E-state index contributed by atoms with van der Waals surface area (Å²) in [5.41, 5.74) is 17.3. The summed E-state index contributed by atoms with van der Waals surface area (Å²) in [6.45, 7) is 5.23. The molecule has 1 aliphatic heterocycles. The Morgan fingerprint density at radius 2 is 1.50 bits per heavy atom. The van der Waals surface area contributed by atoms with Crippen LogP contribution < -0.4 is 38.5 Å². The minimum absolute atomic E-state index is 0.0177. The van der Waals surface area contributed by atoms with E-state index in [2.05, 4.69) is 26.3 Å². The van der Waals surface area contributed by atoms with Gasteiger partial charge in [-0.25, -0.2) is 4.79 Å². The normalized spacial score (nSPS) is 16.8. The predicted molar refractivity (Wildman–Crippen MR) is 198 cm³/mol. The summed E-state index contributed by atoms with van der Waals surface area (Å²) in [6, 6.07) is 2.02. The second-order valence-corrected chi connectivity index (χ2v) is 14.2. The first-order chi connectivity index (χ1) is 25.4. The summed E-state index contributed by atoms with van der Waals surface area (Å²) in [4.78, 5) is 107. The van der Waals surface area contributed by atoms with E-state index in [9.17, 15) is 48.6 Å². The molecule has 1 saturated heterocycles. The standard InChI is InChI=1S/C34H51N9O10S/c1-4-43-25(44)16-24(32(43)51)54-17-20(35)28(47)39-21(12-13-26(45)46)29(48)42-27(18(2)3)31(50)41-23(15-19-9-6-5-7-10-19)30(49)40-22(33(52)53)11-8-14-38-34(36)37/h5-7,9-10,18,20-24,27H,4,8,11-17,35H2,1-3H3,(H,39,47)(H,40,49)(H,41,50)(H,42,48)(H,45,46)(H,52,53)(H4,36,37,38)/t20-,21-,22-,23-,24?,27-/m0/s1. The number of nitrogens with one attached hydrogen (secondary N) is 4. The summed E-state index contributed by atoms with van der Waals surface area (Å²) in [5.74, 6) is -7.46. The quantitative estimate of drug-likeness (QED) is 0.0252. The van der Waals surface area contributed by atoms with Crippen molar-refractivity contribution in [3.63, 3.8) is 0 Å². The topological polar surface area (TPSA) is 319 Å². The SMILES string of the molecule is CCN1C(=O)CC(SC[C@H](N)C(=O)N[C@@H](CCC(=O)O)C(=O)N[C@H](C(=O)N[C@@H](Cc2ccccc2)C(=O)N[C@@H](CCCN=C(N)N)C(=O)O)C(C)C)C1=O. The van der Waals surface area contributed by atoms with Crippen molar-refractivity contribution in [2.45, 2.75) is 94.8 Å². The highest BCUT2D eigenvalue weighted by molar-refractivity contribution is 8.00. The fraction of sp³-hybridized carbons (Fsp3) is 0.559. The van der Waals surface area contributed by atoms with Gasteiger partial charge >= 0.3 is 11.9 Å². The van der Waals surface area contributed by atoms with E-state index in [0.29, 0.717) is 5.56 Å². The first-order valence-electron chi connectivity index (χ1n) is 17.4. The van der Waals surface area contributed by atoms with Crippen molar-refractivity contribution in [2.75, 3.05) is 18.8 Å². The molecular formula is C34H51N9O10S. The van der Waals surface area contributed by atoms with Crippen molar-refractivity contribution in [1.29, 1.82) is 0 Å². The Morgan fingerprint density at radius 3 is 2.06 bits per heavy atom. The molecule has 0 bridgehead atoms. The Balaban J connectivity index is 2.20. The van der Waals surface area contributed by atoms with Gasteiger partial charge in [0.2, 0.25) is 35.4 Å². The molecule has 20 heteroatoms. The molecule has 19 nitrogen and oxygen atoms in total. The summed E-state index contributed by atoms with van der Waals surface area (Å²) >= 11 is 1.02. The number of aliphatic imine (C=N–C) groups is 1. The Kier molecular flexibility index (Phi) is 18.4. The lowest BCUT2D eigenvalue weighted by molar-refractivity contribution is -0.142. The van der Waals surface area contributed by atoms with Gasteiger partial charge in [0.25, 0.3) is 0 Å². The number of carboxylic acid groups (broad SMARTS) is 2. The van der Waals surface area contributed by atoms with Crippen LogP contribution in [0.4, 0.5) is 0 Å². The number of nitrogens with two attached hydrogens (primary N) is 3. The third-order valence-electron chi connectivity index (χ3n) is 8.33. The van der Waals surface area contributed by atoms with Gasteiger partial charge in [0.1, 0.15) is 24.2 Å². The molecule has 1 aromatic rings. The van der Waals surface area contributed by atoms with E-state index in [1.807, 2.05) is 0 Å². The molecular weight excluding hydrogens is 726 g/mol. The number of amides is 6. The largest absolute Gasteiger partial charge is 0.481 e.